The molecule has 0 spiro atoms. The molecular weight excluding hydrogens is 975 g/mol. The highest BCUT2D eigenvalue weighted by atomic mass is 16.4. The molecule has 0 radical (unpaired) electrons. The number of aryl methyl sites for hydroxylation is 1. The van der Waals surface area contributed by atoms with Gasteiger partial charge < -0.3 is 86.7 Å². The normalized spacial score (nSPS) is 16.2. The average Bonchev–Trinajstić information content (AvgIpc) is 3.88. The topological polar surface area (TPSA) is 462 Å². The number of nitrogens with two attached hydrogens (primary N) is 6. The second-order valence-corrected chi connectivity index (χ2v) is 18.6. The van der Waals surface area contributed by atoms with Gasteiger partial charge in [0.15, 0.2) is 11.7 Å². The third kappa shape index (κ3) is 23.7. The van der Waals surface area contributed by atoms with Crippen molar-refractivity contribution in [2.75, 3.05) is 45.8 Å². The fourth-order valence-electron chi connectivity index (χ4n) is 8.09. The Labute approximate surface area is 438 Å². The summed E-state index contributed by atoms with van der Waals surface area (Å²) in [5, 5.41) is 45.4. The van der Waals surface area contributed by atoms with Crippen molar-refractivity contribution < 1.29 is 53.4 Å². The molecule has 26 heteroatoms. The van der Waals surface area contributed by atoms with Crippen LogP contribution in [0.15, 0.2) is 35.9 Å². The summed E-state index contributed by atoms with van der Waals surface area (Å²) < 4.78 is 0. The molecule has 1 heterocycles. The Morgan fingerprint density at radius 3 is 2.01 bits per heavy atom. The van der Waals surface area contributed by atoms with E-state index in [-0.39, 0.29) is 89.0 Å². The monoisotopic (exact) mass is 1060 g/mol. The largest absolute Gasteiger partial charge is 0.478 e. The molecule has 1 saturated heterocycles. The molecule has 22 N–H and O–H groups in total. The van der Waals surface area contributed by atoms with Crippen LogP contribution in [-0.4, -0.2) is 168 Å². The zero-order valence-electron chi connectivity index (χ0n) is 43.3. The van der Waals surface area contributed by atoms with Crippen molar-refractivity contribution in [1.29, 1.82) is 5.41 Å². The number of Topliss-reactive ketones (excluding diaryl/α,β-unsaturated/α-hetero) is 1. The lowest BCUT2D eigenvalue weighted by atomic mass is 9.97. The number of carbonyl (C=O) groups is 9. The van der Waals surface area contributed by atoms with Crippen LogP contribution >= 0.6 is 0 Å². The van der Waals surface area contributed by atoms with Crippen LogP contribution in [0.3, 0.4) is 0 Å². The fourth-order valence-corrected chi connectivity index (χ4v) is 8.09. The van der Waals surface area contributed by atoms with Gasteiger partial charge in [-0.1, -0.05) is 42.3 Å². The molecule has 26 nitrogen and oxygen atoms in total. The lowest BCUT2D eigenvalue weighted by Crippen LogP contribution is -2.60. The molecule has 7 amide bonds. The van der Waals surface area contributed by atoms with Crippen LogP contribution in [0.1, 0.15) is 102 Å². The smallest absolute Gasteiger partial charge is 0.331 e. The van der Waals surface area contributed by atoms with Gasteiger partial charge in [-0.25, -0.2) is 4.79 Å². The minimum Gasteiger partial charge on any atom is -0.478 e. The van der Waals surface area contributed by atoms with E-state index >= 15 is 0 Å². The number of nitrogens with one attached hydrogen (secondary N) is 8. The molecule has 1 aromatic rings. The third-order valence-electron chi connectivity index (χ3n) is 12.5. The number of ketones is 1. The molecule has 420 valence electrons. The van der Waals surface area contributed by atoms with E-state index in [2.05, 4.69) is 37.2 Å². The number of hydrogen-bond donors (Lipinski definition) is 16. The number of aliphatic hydroxyl groups excluding tert-OH is 1. The van der Waals surface area contributed by atoms with E-state index in [1.165, 1.54) is 17.9 Å². The van der Waals surface area contributed by atoms with Crippen LogP contribution in [0.5, 0.6) is 0 Å². The lowest BCUT2D eigenvalue weighted by Gasteiger charge is -2.30. The molecule has 0 aliphatic carbocycles. The maximum absolute atomic E-state index is 14.3. The van der Waals surface area contributed by atoms with Crippen LogP contribution in [0.25, 0.3) is 0 Å². The van der Waals surface area contributed by atoms with Gasteiger partial charge in [-0.15, -0.1) is 0 Å². The molecular formula is C49H83N15O11. The standard InChI is InChI=1S/C49H83N15O11/c1-29-15-17-31(18-16-29)26-36(44(70)61-34(12-4-6-22-51)38(65)20-19-32(48(74)75)10-8-24-57-49(55)56)62-45(71)37-14-9-25-64(37)47(73)35(13-7-23-52)60-40(67)28-58-42(68)30(2)59-46(72)41(39(66)27-53)63-43(69)33(54)11-3-5-21-50/h10,15-18,30,33-37,39,41,66H,3-9,11-14,19-28,50-54H2,1-2H3,(H,58,68)(H,59,72)(H,60,67)(H,61,70)(H,62,71)(H,63,69)(H,74,75)(H4,55,56,57)/b32-10+/t30-,33-,34-,35+,36-,37-,39-,41-/m0/s1. The van der Waals surface area contributed by atoms with E-state index in [0.717, 1.165) is 5.56 Å². The van der Waals surface area contributed by atoms with E-state index in [0.29, 0.717) is 50.8 Å². The average molecular weight is 1060 g/mol. The molecule has 75 heavy (non-hydrogen) atoms. The number of carboxylic acids is 1. The number of hydrogen-bond acceptors (Lipinski definition) is 16. The van der Waals surface area contributed by atoms with Crippen LogP contribution in [-0.2, 0) is 49.6 Å². The summed E-state index contributed by atoms with van der Waals surface area (Å²) in [7, 11) is 0. The van der Waals surface area contributed by atoms with Crippen molar-refractivity contribution in [1.82, 2.24) is 42.1 Å². The first kappa shape index (κ1) is 64.5. The Kier molecular flexibility index (Phi) is 30.0. The van der Waals surface area contributed by atoms with Gasteiger partial charge in [0.05, 0.1) is 24.7 Å². The van der Waals surface area contributed by atoms with E-state index in [9.17, 15) is 53.4 Å². The predicted molar refractivity (Wildman–Crippen MR) is 280 cm³/mol. The molecule has 1 aliphatic rings. The molecule has 2 rings (SSSR count). The molecule has 0 aromatic heterocycles. The van der Waals surface area contributed by atoms with E-state index in [4.69, 9.17) is 39.8 Å². The van der Waals surface area contributed by atoms with Gasteiger partial charge in [-0.05, 0) is 110 Å². The number of unbranched alkanes of at least 4 members (excludes halogenated alkanes) is 2. The van der Waals surface area contributed by atoms with Gasteiger partial charge in [-0.3, -0.25) is 43.8 Å². The van der Waals surface area contributed by atoms with Crippen molar-refractivity contribution in [3.8, 4) is 0 Å². The van der Waals surface area contributed by atoms with Crippen LogP contribution in [0.2, 0.25) is 0 Å². The highest BCUT2D eigenvalue weighted by Crippen LogP contribution is 2.21. The van der Waals surface area contributed by atoms with Crippen molar-refractivity contribution >= 4 is 59.1 Å². The summed E-state index contributed by atoms with van der Waals surface area (Å²) >= 11 is 0. The number of nitrogens with zero attached hydrogens (tertiary/aromatic N) is 1. The minimum atomic E-state index is -1.56. The number of benzene rings is 1. The molecule has 1 fully saturated rings. The Bertz CT molecular complexity index is 2090. The van der Waals surface area contributed by atoms with Crippen LogP contribution in [0.4, 0.5) is 0 Å². The van der Waals surface area contributed by atoms with Crippen molar-refractivity contribution in [3.63, 3.8) is 0 Å². The second-order valence-electron chi connectivity index (χ2n) is 18.6. The Morgan fingerprint density at radius 2 is 1.40 bits per heavy atom. The number of aliphatic hydroxyl groups is 1. The van der Waals surface area contributed by atoms with Gasteiger partial charge in [0.1, 0.15) is 30.2 Å². The molecule has 0 unspecified atom stereocenters. The molecule has 1 aromatic carbocycles. The van der Waals surface area contributed by atoms with Crippen molar-refractivity contribution in [2.24, 2.45) is 34.4 Å². The summed E-state index contributed by atoms with van der Waals surface area (Å²) in [6.45, 7) is 3.37. The summed E-state index contributed by atoms with van der Waals surface area (Å²) in [4.78, 5) is 122. The number of carbonyl (C=O) groups excluding carboxylic acids is 8. The first-order valence-electron chi connectivity index (χ1n) is 25.6. The SMILES string of the molecule is Cc1ccc(C[C@H](NC(=O)[C@@H]2CCCN2C(=O)[C@@H](CCCN)NC(=O)CNC(=O)[C@H](C)NC(=O)[C@@H](NC(=O)[C@@H](N)CCCCN)[C@@H](O)CN)C(=O)N[C@@H](CCCCN)C(=O)CC/C(=C\CCNC(=N)N)C(=O)O)cc1. The van der Waals surface area contributed by atoms with Gasteiger partial charge >= 0.3 is 5.97 Å². The molecule has 0 saturated carbocycles. The number of guanidine groups is 1. The maximum Gasteiger partial charge on any atom is 0.331 e. The summed E-state index contributed by atoms with van der Waals surface area (Å²) in [6, 6.07) is -1.11. The molecule has 8 atom stereocenters. The van der Waals surface area contributed by atoms with E-state index in [1.54, 1.807) is 12.1 Å². The molecule has 0 bridgehead atoms. The van der Waals surface area contributed by atoms with Gasteiger partial charge in [0.2, 0.25) is 41.4 Å². The predicted octanol–water partition coefficient (Wildman–Crippen LogP) is -4.03. The Morgan fingerprint density at radius 1 is 0.760 bits per heavy atom. The highest BCUT2D eigenvalue weighted by Gasteiger charge is 2.39. The van der Waals surface area contributed by atoms with Crippen LogP contribution in [0, 0.1) is 12.3 Å². The summed E-state index contributed by atoms with van der Waals surface area (Å²) in [6.07, 6.45) is 3.41. The first-order chi connectivity index (χ1) is 35.7. The molecule has 1 aliphatic heterocycles. The Balaban J connectivity index is 2.23. The number of amides is 7. The second kappa shape index (κ2) is 34.8. The summed E-state index contributed by atoms with van der Waals surface area (Å²) in [5.41, 5.74) is 35.4. The van der Waals surface area contributed by atoms with Crippen molar-refractivity contribution in [3.05, 3.63) is 47.0 Å². The van der Waals surface area contributed by atoms with Gasteiger partial charge in [-0.2, -0.15) is 0 Å². The minimum absolute atomic E-state index is 0.00308. The highest BCUT2D eigenvalue weighted by molar-refractivity contribution is 5.98. The number of rotatable bonds is 36. The van der Waals surface area contributed by atoms with Crippen LogP contribution < -0.4 is 71.6 Å². The maximum atomic E-state index is 14.3. The zero-order valence-corrected chi connectivity index (χ0v) is 43.3. The van der Waals surface area contributed by atoms with E-state index < -0.39 is 115 Å². The third-order valence-corrected chi connectivity index (χ3v) is 12.5. The zero-order chi connectivity index (χ0) is 56.0. The van der Waals surface area contributed by atoms with Crippen molar-refractivity contribution in [2.45, 2.75) is 152 Å². The first-order valence-corrected chi connectivity index (χ1v) is 25.6. The number of aliphatic carboxylic acids is 1. The summed E-state index contributed by atoms with van der Waals surface area (Å²) in [5.74, 6) is -7.15. The fraction of sp³-hybridized carbons (Fsp3) is 0.633. The van der Waals surface area contributed by atoms with Gasteiger partial charge in [0.25, 0.3) is 0 Å². The number of carboxylic acid groups (broad SMARTS) is 1. The lowest BCUT2D eigenvalue weighted by molar-refractivity contribution is -0.142. The number of likely N-dealkylation sites (tertiary alicyclic amines) is 1. The van der Waals surface area contributed by atoms with Gasteiger partial charge in [0, 0.05) is 38.0 Å². The quantitative estimate of drug-likeness (QED) is 0.0132. The van der Waals surface area contributed by atoms with E-state index in [1.807, 2.05) is 19.1 Å². The Hall–Kier alpha value is -6.58.